The second kappa shape index (κ2) is 4.96. The first-order valence-corrected chi connectivity index (χ1v) is 8.69. The molecule has 0 bridgehead atoms. The van der Waals surface area contributed by atoms with Crippen molar-refractivity contribution in [3.8, 4) is 0 Å². The second-order valence-electron chi connectivity index (χ2n) is 6.43. The van der Waals surface area contributed by atoms with Crippen LogP contribution in [0.25, 0.3) is 10.9 Å². The number of aromatic nitrogens is 1. The monoisotopic (exact) mass is 346 g/mol. The van der Waals surface area contributed by atoms with Gasteiger partial charge in [-0.15, -0.1) is 0 Å². The number of nitrogens with zero attached hydrogens (tertiary/aromatic N) is 1. The van der Waals surface area contributed by atoms with Crippen molar-refractivity contribution in [2.24, 2.45) is 5.92 Å². The molecule has 0 spiro atoms. The molecule has 1 aliphatic heterocycles. The number of likely N-dealkylation sites (tertiary alicyclic amines) is 1. The Morgan fingerprint density at radius 3 is 3.14 bits per heavy atom. The quantitative estimate of drug-likeness (QED) is 0.848. The second-order valence-corrected chi connectivity index (χ2v) is 6.99. The van der Waals surface area contributed by atoms with Crippen LogP contribution in [0.5, 0.6) is 0 Å². The largest absolute Gasteiger partial charge is 0.361 e. The molecule has 2 aromatic rings. The Morgan fingerprint density at radius 2 is 2.33 bits per heavy atom. The average molecular weight is 347 g/mol. The first kappa shape index (κ1) is 13.5. The maximum atomic E-state index is 12.1. The first-order valence-electron chi connectivity index (χ1n) is 7.57. The number of rotatable bonds is 2. The van der Waals surface area contributed by atoms with Gasteiger partial charge in [0.15, 0.2) is 0 Å². The summed E-state index contributed by atoms with van der Waals surface area (Å²) in [7, 11) is 2.17. The van der Waals surface area contributed by atoms with Gasteiger partial charge >= 0.3 is 0 Å². The molecule has 1 aromatic heterocycles. The number of nitrogens with one attached hydrogen (secondary N) is 1. The number of hydrogen-bond acceptors (Lipinski definition) is 2. The average Bonchev–Trinajstić information content (AvgIpc) is 2.92. The van der Waals surface area contributed by atoms with Gasteiger partial charge < -0.3 is 9.88 Å². The molecule has 1 aliphatic carbocycles. The predicted octanol–water partition coefficient (Wildman–Crippen LogP) is 3.09. The van der Waals surface area contributed by atoms with E-state index >= 15 is 0 Å². The van der Waals surface area contributed by atoms with E-state index in [4.69, 9.17) is 0 Å². The van der Waals surface area contributed by atoms with Crippen molar-refractivity contribution in [1.29, 1.82) is 0 Å². The number of likely N-dealkylation sites (N-methyl/N-ethyl adjacent to an activating group) is 1. The summed E-state index contributed by atoms with van der Waals surface area (Å²) in [5, 5.41) is 1.88. The van der Waals surface area contributed by atoms with E-state index in [0.717, 1.165) is 19.4 Å². The van der Waals surface area contributed by atoms with Gasteiger partial charge in [-0.25, -0.2) is 0 Å². The van der Waals surface area contributed by atoms with E-state index in [1.54, 1.807) is 0 Å². The first-order chi connectivity index (χ1) is 10.2. The molecule has 1 N–H and O–H groups in total. The van der Waals surface area contributed by atoms with Crippen LogP contribution in [0.1, 0.15) is 23.5 Å². The fraction of sp³-hybridized carbons (Fsp3) is 0.471. The van der Waals surface area contributed by atoms with E-state index in [1.807, 2.05) is 0 Å². The highest BCUT2D eigenvalue weighted by Crippen LogP contribution is 2.44. The maximum Gasteiger partial charge on any atom is 0.147 e. The van der Waals surface area contributed by atoms with Crippen molar-refractivity contribution < 1.29 is 4.79 Å². The van der Waals surface area contributed by atoms with Gasteiger partial charge in [0.25, 0.3) is 0 Å². The number of H-pyrrole nitrogens is 1. The molecule has 1 unspecified atom stereocenters. The van der Waals surface area contributed by atoms with Gasteiger partial charge in [-0.1, -0.05) is 28.1 Å². The summed E-state index contributed by atoms with van der Waals surface area (Å²) in [6.45, 7) is 0.890. The molecular formula is C17H19BrN2O. The minimum absolute atomic E-state index is 0.159. The summed E-state index contributed by atoms with van der Waals surface area (Å²) >= 11 is 3.33. The number of alkyl halides is 1. The van der Waals surface area contributed by atoms with Crippen molar-refractivity contribution in [2.75, 3.05) is 18.9 Å². The Labute approximate surface area is 132 Å². The lowest BCUT2D eigenvalue weighted by molar-refractivity contribution is -0.122. The van der Waals surface area contributed by atoms with E-state index in [-0.39, 0.29) is 5.92 Å². The lowest BCUT2D eigenvalue weighted by Crippen LogP contribution is -2.49. The fourth-order valence-electron chi connectivity index (χ4n) is 4.28. The van der Waals surface area contributed by atoms with Crippen LogP contribution >= 0.6 is 15.9 Å². The van der Waals surface area contributed by atoms with Crippen LogP contribution in [-0.4, -0.2) is 40.6 Å². The number of carbonyl (C=O) groups is 1. The van der Waals surface area contributed by atoms with Gasteiger partial charge in [0.1, 0.15) is 5.78 Å². The van der Waals surface area contributed by atoms with Crippen molar-refractivity contribution >= 4 is 32.6 Å². The third kappa shape index (κ3) is 2.00. The van der Waals surface area contributed by atoms with Crippen molar-refractivity contribution in [3.05, 3.63) is 35.5 Å². The Balaban J connectivity index is 1.79. The summed E-state index contributed by atoms with van der Waals surface area (Å²) in [6, 6.07) is 7.07. The molecule has 3 nitrogen and oxygen atoms in total. The molecule has 2 aliphatic rings. The highest BCUT2D eigenvalue weighted by atomic mass is 79.9. The Morgan fingerprint density at radius 1 is 1.48 bits per heavy atom. The number of fused-ring (bicyclic) bond motifs is 2. The smallest absolute Gasteiger partial charge is 0.147 e. The number of benzene rings is 1. The lowest BCUT2D eigenvalue weighted by Gasteiger charge is -2.45. The highest BCUT2D eigenvalue weighted by molar-refractivity contribution is 9.09. The zero-order valence-corrected chi connectivity index (χ0v) is 13.7. The lowest BCUT2D eigenvalue weighted by atomic mass is 9.72. The number of halogens is 1. The molecule has 1 fully saturated rings. The standard InChI is InChI=1S/C17H19BrN2O/c1-20-9-11(16(21)7-18)5-13-12-3-2-4-14-17(12)10(8-19-14)6-15(13)20/h2-4,8,11,13,15,19H,5-7,9H2,1H3/t11?,13-,15-/m1/s1. The van der Waals surface area contributed by atoms with Gasteiger partial charge in [-0.2, -0.15) is 0 Å². The number of ketones is 1. The third-order valence-electron chi connectivity index (χ3n) is 5.31. The normalized spacial score (nSPS) is 28.6. The summed E-state index contributed by atoms with van der Waals surface area (Å²) in [5.41, 5.74) is 4.09. The fourth-order valence-corrected chi connectivity index (χ4v) is 4.74. The van der Waals surface area contributed by atoms with Gasteiger partial charge in [0.05, 0.1) is 5.33 Å². The molecule has 110 valence electrons. The topological polar surface area (TPSA) is 36.1 Å². The molecule has 21 heavy (non-hydrogen) atoms. The van der Waals surface area contributed by atoms with E-state index in [2.05, 4.69) is 57.3 Å². The van der Waals surface area contributed by atoms with Crippen LogP contribution in [0.3, 0.4) is 0 Å². The molecule has 4 rings (SSSR count). The van der Waals surface area contributed by atoms with Crippen molar-refractivity contribution in [2.45, 2.75) is 24.8 Å². The van der Waals surface area contributed by atoms with Gasteiger partial charge in [0, 0.05) is 41.5 Å². The molecule has 1 aromatic carbocycles. The molecule has 4 heteroatoms. The molecule has 1 saturated heterocycles. The van der Waals surface area contributed by atoms with Crippen LogP contribution < -0.4 is 0 Å². The van der Waals surface area contributed by atoms with Crippen LogP contribution in [0.4, 0.5) is 0 Å². The number of hydrogen-bond donors (Lipinski definition) is 1. The van der Waals surface area contributed by atoms with E-state index in [9.17, 15) is 4.79 Å². The predicted molar refractivity (Wildman–Crippen MR) is 88.1 cm³/mol. The maximum absolute atomic E-state index is 12.1. The SMILES string of the molecule is CN1CC(C(=O)CBr)C[C@@H]2c3cccc4[nH]cc(c34)C[C@H]21. The zero-order valence-electron chi connectivity index (χ0n) is 12.1. The number of aromatic amines is 1. The van der Waals surface area contributed by atoms with E-state index < -0.39 is 0 Å². The molecule has 0 amide bonds. The highest BCUT2D eigenvalue weighted by Gasteiger charge is 2.40. The summed E-state index contributed by atoms with van der Waals surface area (Å²) in [5.74, 6) is 0.975. The van der Waals surface area contributed by atoms with Crippen LogP contribution in [-0.2, 0) is 11.2 Å². The third-order valence-corrected chi connectivity index (χ3v) is 5.87. The summed E-state index contributed by atoms with van der Waals surface area (Å²) in [4.78, 5) is 17.9. The number of Topliss-reactive ketones (excluding diaryl/α,β-unsaturated/α-hetero) is 1. The minimum Gasteiger partial charge on any atom is -0.361 e. The molecular weight excluding hydrogens is 328 g/mol. The van der Waals surface area contributed by atoms with Gasteiger partial charge in [-0.05, 0) is 37.1 Å². The number of piperidine rings is 1. The van der Waals surface area contributed by atoms with Crippen molar-refractivity contribution in [1.82, 2.24) is 9.88 Å². The summed E-state index contributed by atoms with van der Waals surface area (Å²) in [6.07, 6.45) is 4.24. The zero-order chi connectivity index (χ0) is 14.6. The molecule has 3 atom stereocenters. The Hall–Kier alpha value is -1.13. The van der Waals surface area contributed by atoms with E-state index in [1.165, 1.54) is 22.0 Å². The van der Waals surface area contributed by atoms with Crippen LogP contribution in [0, 0.1) is 5.92 Å². The molecule has 2 heterocycles. The Kier molecular flexibility index (Phi) is 3.19. The number of carbonyl (C=O) groups excluding carboxylic acids is 1. The molecule has 0 radical (unpaired) electrons. The molecule has 0 saturated carbocycles. The van der Waals surface area contributed by atoms with Gasteiger partial charge in [0.2, 0.25) is 0 Å². The van der Waals surface area contributed by atoms with Crippen LogP contribution in [0.2, 0.25) is 0 Å². The van der Waals surface area contributed by atoms with Crippen molar-refractivity contribution in [3.63, 3.8) is 0 Å². The van der Waals surface area contributed by atoms with Crippen LogP contribution in [0.15, 0.2) is 24.4 Å². The summed E-state index contributed by atoms with van der Waals surface area (Å²) < 4.78 is 0. The van der Waals surface area contributed by atoms with Gasteiger partial charge in [-0.3, -0.25) is 4.79 Å². The van der Waals surface area contributed by atoms with E-state index in [0.29, 0.717) is 23.1 Å². The minimum atomic E-state index is 0.159. The Bertz CT molecular complexity index is 708.